The molecule has 0 spiro atoms. The van der Waals surface area contributed by atoms with Crippen LogP contribution in [-0.2, 0) is 23.8 Å². The van der Waals surface area contributed by atoms with Crippen LogP contribution in [0, 0.1) is 11.8 Å². The van der Waals surface area contributed by atoms with Gasteiger partial charge in [0.25, 0.3) is 0 Å². The van der Waals surface area contributed by atoms with Gasteiger partial charge in [0, 0.05) is 11.6 Å². The van der Waals surface area contributed by atoms with E-state index in [4.69, 9.17) is 14.2 Å². The van der Waals surface area contributed by atoms with Crippen molar-refractivity contribution in [2.24, 2.45) is 11.8 Å². The minimum absolute atomic E-state index is 0.0470. The van der Waals surface area contributed by atoms with Crippen LogP contribution in [0.1, 0.15) is 47.0 Å². The van der Waals surface area contributed by atoms with E-state index in [-0.39, 0.29) is 17.6 Å². The minimum Gasteiger partial charge on any atom is -0.456 e. The fourth-order valence-corrected chi connectivity index (χ4v) is 4.14. The summed E-state index contributed by atoms with van der Waals surface area (Å²) in [5, 5.41) is 10.8. The van der Waals surface area contributed by atoms with Gasteiger partial charge in [0.1, 0.15) is 18.3 Å². The summed E-state index contributed by atoms with van der Waals surface area (Å²) in [6, 6.07) is 0. The second kappa shape index (κ2) is 6.82. The molecule has 6 nitrogen and oxygen atoms in total. The van der Waals surface area contributed by atoms with Crippen LogP contribution in [0.15, 0.2) is 23.8 Å². The van der Waals surface area contributed by atoms with Crippen molar-refractivity contribution in [3.8, 4) is 0 Å². The van der Waals surface area contributed by atoms with Gasteiger partial charge in [-0.3, -0.25) is 0 Å². The molecule has 3 rings (SSSR count). The third kappa shape index (κ3) is 3.45. The highest BCUT2D eigenvalue weighted by atomic mass is 16.6. The Bertz CT molecular complexity index is 649. The Kier molecular flexibility index (Phi) is 5.01. The molecule has 3 fully saturated rings. The van der Waals surface area contributed by atoms with E-state index >= 15 is 0 Å². The first-order chi connectivity index (χ1) is 12.1. The van der Waals surface area contributed by atoms with E-state index < -0.39 is 41.8 Å². The van der Waals surface area contributed by atoms with Crippen molar-refractivity contribution in [2.75, 3.05) is 0 Å². The minimum atomic E-state index is -0.837. The van der Waals surface area contributed by atoms with E-state index in [1.54, 1.807) is 0 Å². The Labute approximate surface area is 154 Å². The number of allylic oxidation sites excluding steroid dienone is 1. The van der Waals surface area contributed by atoms with Crippen molar-refractivity contribution in [3.63, 3.8) is 0 Å². The third-order valence-corrected chi connectivity index (χ3v) is 5.77. The number of hydrogen-bond donors (Lipinski definition) is 1. The molecule has 3 aliphatic rings. The molecule has 144 valence electrons. The van der Waals surface area contributed by atoms with Gasteiger partial charge in [-0.1, -0.05) is 25.5 Å². The van der Waals surface area contributed by atoms with Crippen molar-refractivity contribution >= 4 is 11.9 Å². The molecule has 6 heteroatoms. The molecule has 0 bridgehead atoms. The summed E-state index contributed by atoms with van der Waals surface area (Å²) in [5.74, 6) is -1.69. The number of hydrogen-bond acceptors (Lipinski definition) is 6. The maximum absolute atomic E-state index is 12.3. The molecule has 2 aliphatic heterocycles. The van der Waals surface area contributed by atoms with Crippen LogP contribution in [0.25, 0.3) is 0 Å². The molecule has 2 saturated heterocycles. The van der Waals surface area contributed by atoms with Gasteiger partial charge < -0.3 is 19.3 Å². The first kappa shape index (κ1) is 19.1. The van der Waals surface area contributed by atoms with E-state index in [0.717, 1.165) is 24.8 Å². The van der Waals surface area contributed by atoms with Gasteiger partial charge in [0.15, 0.2) is 0 Å². The third-order valence-electron chi connectivity index (χ3n) is 5.77. The normalized spacial score (nSPS) is 42.2. The lowest BCUT2D eigenvalue weighted by atomic mass is 9.78. The van der Waals surface area contributed by atoms with E-state index in [2.05, 4.69) is 6.58 Å². The van der Waals surface area contributed by atoms with Crippen molar-refractivity contribution in [1.29, 1.82) is 0 Å². The van der Waals surface area contributed by atoms with Crippen molar-refractivity contribution in [3.05, 3.63) is 23.8 Å². The second-order valence-electron chi connectivity index (χ2n) is 8.26. The summed E-state index contributed by atoms with van der Waals surface area (Å²) < 4.78 is 17.1. The van der Waals surface area contributed by atoms with Gasteiger partial charge in [-0.05, 0) is 39.5 Å². The van der Waals surface area contributed by atoms with Crippen LogP contribution < -0.4 is 0 Å². The number of fused-ring (bicyclic) bond motifs is 2. The van der Waals surface area contributed by atoms with Crippen LogP contribution in [0.5, 0.6) is 0 Å². The molecule has 0 aromatic heterocycles. The van der Waals surface area contributed by atoms with Crippen molar-refractivity contribution in [2.45, 2.75) is 77.0 Å². The molecule has 0 aromatic rings. The van der Waals surface area contributed by atoms with Crippen LogP contribution in [-0.4, -0.2) is 47.1 Å². The van der Waals surface area contributed by atoms with Gasteiger partial charge in [-0.2, -0.15) is 0 Å². The predicted molar refractivity (Wildman–Crippen MR) is 94.1 cm³/mol. The number of ether oxygens (including phenoxy) is 3. The van der Waals surface area contributed by atoms with E-state index in [0.29, 0.717) is 0 Å². The predicted octanol–water partition coefficient (Wildman–Crippen LogP) is 2.30. The summed E-state index contributed by atoms with van der Waals surface area (Å²) in [6.07, 6.45) is 1.24. The number of aliphatic hydroxyl groups excluding tert-OH is 1. The zero-order valence-corrected chi connectivity index (χ0v) is 15.9. The van der Waals surface area contributed by atoms with E-state index in [1.807, 2.05) is 27.7 Å². The second-order valence-corrected chi connectivity index (χ2v) is 8.26. The molecule has 1 aliphatic carbocycles. The SMILES string of the molecule is C=C1C(=O)O[C@@H]2[C@H](O)[C@H](C)CCC[C@@]3(C)O[C@H]3[C@H](OC(=O)C=C(C)C)[C@@H]12. The number of carbonyl (C=O) groups excluding carboxylic acids is 2. The van der Waals surface area contributed by atoms with Crippen molar-refractivity contribution < 1.29 is 28.9 Å². The molecule has 0 unspecified atom stereocenters. The molecule has 0 aromatic carbocycles. The number of epoxide rings is 1. The summed E-state index contributed by atoms with van der Waals surface area (Å²) in [7, 11) is 0. The number of carbonyl (C=O) groups is 2. The fraction of sp³-hybridized carbons (Fsp3) is 0.700. The Balaban J connectivity index is 1.96. The Morgan fingerprint density at radius 1 is 1.42 bits per heavy atom. The highest BCUT2D eigenvalue weighted by Gasteiger charge is 2.63. The molecular formula is C20H28O6. The van der Waals surface area contributed by atoms with Gasteiger partial charge >= 0.3 is 11.9 Å². The standard InChI is InChI=1S/C20H28O6/c1-10(2)9-13(21)24-17-14-12(4)19(23)25-16(14)15(22)11(3)7-6-8-20(5)18(17)26-20/h9,11,14-18,22H,4,6-8H2,1-3,5H3/t11-,14+,15-,16+,17-,18+,20-/m1/s1. The lowest BCUT2D eigenvalue weighted by molar-refractivity contribution is -0.154. The summed E-state index contributed by atoms with van der Waals surface area (Å²) in [5.41, 5.74) is 0.654. The molecule has 0 radical (unpaired) electrons. The fourth-order valence-electron chi connectivity index (χ4n) is 4.14. The molecule has 1 N–H and O–H groups in total. The lowest BCUT2D eigenvalue weighted by Gasteiger charge is -2.32. The summed E-state index contributed by atoms with van der Waals surface area (Å²) >= 11 is 0. The van der Waals surface area contributed by atoms with E-state index in [1.165, 1.54) is 6.08 Å². The lowest BCUT2D eigenvalue weighted by Crippen LogP contribution is -2.46. The summed E-state index contributed by atoms with van der Waals surface area (Å²) in [4.78, 5) is 24.5. The molecule has 1 saturated carbocycles. The smallest absolute Gasteiger partial charge is 0.334 e. The summed E-state index contributed by atoms with van der Waals surface area (Å²) in [6.45, 7) is 11.4. The van der Waals surface area contributed by atoms with E-state index in [9.17, 15) is 14.7 Å². The highest BCUT2D eigenvalue weighted by molar-refractivity contribution is 5.91. The molecule has 2 heterocycles. The average Bonchev–Trinajstić information content (AvgIpc) is 3.12. The highest BCUT2D eigenvalue weighted by Crippen LogP contribution is 2.50. The maximum Gasteiger partial charge on any atom is 0.334 e. The number of esters is 2. The zero-order chi connectivity index (χ0) is 19.2. The largest absolute Gasteiger partial charge is 0.456 e. The maximum atomic E-state index is 12.3. The molecular weight excluding hydrogens is 336 g/mol. The van der Waals surface area contributed by atoms with Crippen molar-refractivity contribution in [1.82, 2.24) is 0 Å². The first-order valence-electron chi connectivity index (χ1n) is 9.25. The van der Waals surface area contributed by atoms with Crippen LogP contribution in [0.3, 0.4) is 0 Å². The van der Waals surface area contributed by atoms with Crippen LogP contribution in [0.2, 0.25) is 0 Å². The first-order valence-corrected chi connectivity index (χ1v) is 9.25. The Hall–Kier alpha value is -1.66. The van der Waals surface area contributed by atoms with Crippen LogP contribution >= 0.6 is 0 Å². The average molecular weight is 364 g/mol. The van der Waals surface area contributed by atoms with Crippen LogP contribution in [0.4, 0.5) is 0 Å². The molecule has 26 heavy (non-hydrogen) atoms. The Morgan fingerprint density at radius 2 is 2.12 bits per heavy atom. The van der Waals surface area contributed by atoms with Gasteiger partial charge in [0.2, 0.25) is 0 Å². The monoisotopic (exact) mass is 364 g/mol. The molecule has 7 atom stereocenters. The quantitative estimate of drug-likeness (QED) is 0.460. The van der Waals surface area contributed by atoms with Gasteiger partial charge in [-0.15, -0.1) is 0 Å². The Morgan fingerprint density at radius 3 is 2.77 bits per heavy atom. The number of aliphatic hydroxyl groups is 1. The molecule has 0 amide bonds. The van der Waals surface area contributed by atoms with Gasteiger partial charge in [-0.25, -0.2) is 9.59 Å². The number of rotatable bonds is 2. The van der Waals surface area contributed by atoms with Gasteiger partial charge in [0.05, 0.1) is 17.6 Å². The topological polar surface area (TPSA) is 85.4 Å². The zero-order valence-electron chi connectivity index (χ0n) is 15.9.